The van der Waals surface area contributed by atoms with Gasteiger partial charge in [0.25, 0.3) is 0 Å². The zero-order valence-corrected chi connectivity index (χ0v) is 19.4. The Bertz CT molecular complexity index is 1130. The van der Waals surface area contributed by atoms with Gasteiger partial charge in [0.2, 0.25) is 0 Å². The maximum atomic E-state index is 12.6. The number of pyridine rings is 2. The Kier molecular flexibility index (Phi) is 5.81. The second kappa shape index (κ2) is 8.17. The quantitative estimate of drug-likeness (QED) is 0.492. The van der Waals surface area contributed by atoms with Crippen molar-refractivity contribution in [1.29, 1.82) is 0 Å². The number of carbonyl (C=O) groups is 1. The zero-order valence-electron chi connectivity index (χ0n) is 18.6. The topological polar surface area (TPSA) is 99.9 Å². The number of rotatable bonds is 7. The van der Waals surface area contributed by atoms with Crippen molar-refractivity contribution in [2.75, 3.05) is 27.4 Å². The van der Waals surface area contributed by atoms with Crippen molar-refractivity contribution in [3.8, 4) is 17.1 Å². The first-order valence-corrected chi connectivity index (χ1v) is 10.9. The van der Waals surface area contributed by atoms with Crippen molar-refractivity contribution < 1.29 is 24.1 Å². The van der Waals surface area contributed by atoms with Crippen LogP contribution in [0.2, 0.25) is 5.15 Å². The first-order chi connectivity index (χ1) is 15.2. The number of aromatic carboxylic acids is 1. The number of carboxylic acid groups (broad SMARTS) is 1. The molecule has 2 atom stereocenters. The van der Waals surface area contributed by atoms with E-state index in [9.17, 15) is 14.7 Å². The van der Waals surface area contributed by atoms with E-state index in [2.05, 4.69) is 18.8 Å². The third kappa shape index (κ3) is 3.41. The molecule has 0 saturated heterocycles. The highest BCUT2D eigenvalue weighted by Crippen LogP contribution is 2.62. The number of nitrogens with zero attached hydrogens (tertiary/aromatic N) is 2. The molecule has 3 heterocycles. The molecular weight excluding hydrogens is 436 g/mol. The highest BCUT2D eigenvalue weighted by atomic mass is 35.5. The van der Waals surface area contributed by atoms with Crippen LogP contribution in [0.3, 0.4) is 0 Å². The van der Waals surface area contributed by atoms with Gasteiger partial charge >= 0.3 is 5.97 Å². The number of halogens is 1. The van der Waals surface area contributed by atoms with Gasteiger partial charge in [-0.25, -0.2) is 9.78 Å². The Morgan fingerprint density at radius 1 is 1.28 bits per heavy atom. The Labute approximate surface area is 191 Å². The van der Waals surface area contributed by atoms with Gasteiger partial charge in [0, 0.05) is 45.1 Å². The molecule has 2 unspecified atom stereocenters. The molecule has 172 valence electrons. The van der Waals surface area contributed by atoms with E-state index in [1.165, 1.54) is 12.3 Å². The predicted octanol–water partition coefficient (Wildman–Crippen LogP) is 3.89. The van der Waals surface area contributed by atoms with E-state index in [1.807, 2.05) is 10.6 Å². The summed E-state index contributed by atoms with van der Waals surface area (Å²) in [7, 11) is 3.28. The SMILES string of the molecule is COCCCOc1cc2c(nc1Cl)-c1cc(=O)c(C(=O)O)cn1C1C(C)(C)CCC21OC. The smallest absolute Gasteiger partial charge is 0.341 e. The van der Waals surface area contributed by atoms with Gasteiger partial charge in [-0.05, 0) is 24.3 Å². The molecule has 0 radical (unpaired) electrons. The molecule has 2 aromatic heterocycles. The van der Waals surface area contributed by atoms with Crippen molar-refractivity contribution in [3.05, 3.63) is 44.8 Å². The molecule has 1 aliphatic heterocycles. The number of fused-ring (bicyclic) bond motifs is 6. The molecule has 1 saturated carbocycles. The minimum atomic E-state index is -1.26. The van der Waals surface area contributed by atoms with Gasteiger partial charge in [0.1, 0.15) is 11.2 Å². The molecule has 0 spiro atoms. The van der Waals surface area contributed by atoms with Gasteiger partial charge in [-0.2, -0.15) is 0 Å². The molecule has 4 rings (SSSR count). The molecule has 1 aliphatic carbocycles. The van der Waals surface area contributed by atoms with Crippen LogP contribution in [-0.4, -0.2) is 48.1 Å². The van der Waals surface area contributed by atoms with E-state index in [-0.39, 0.29) is 22.2 Å². The zero-order chi connectivity index (χ0) is 23.3. The minimum Gasteiger partial charge on any atom is -0.490 e. The Morgan fingerprint density at radius 2 is 2.03 bits per heavy atom. The fraction of sp³-hybridized carbons (Fsp3) is 0.522. The number of carboxylic acids is 1. The van der Waals surface area contributed by atoms with Crippen LogP contribution in [-0.2, 0) is 15.1 Å². The van der Waals surface area contributed by atoms with Crippen LogP contribution in [0.1, 0.15) is 55.1 Å². The van der Waals surface area contributed by atoms with Crippen LogP contribution in [0, 0.1) is 5.41 Å². The molecule has 0 bridgehead atoms. The Balaban J connectivity index is 1.95. The van der Waals surface area contributed by atoms with Gasteiger partial charge in [-0.15, -0.1) is 0 Å². The maximum Gasteiger partial charge on any atom is 0.341 e. The van der Waals surface area contributed by atoms with Crippen LogP contribution in [0.5, 0.6) is 5.75 Å². The molecule has 2 aliphatic rings. The summed E-state index contributed by atoms with van der Waals surface area (Å²) in [5.41, 5.74) is -0.0308. The fourth-order valence-corrected chi connectivity index (χ4v) is 5.40. The lowest BCUT2D eigenvalue weighted by molar-refractivity contribution is -0.0608. The standard InChI is InChI=1S/C23H27ClN2O6/c1-22(2)6-7-23(31-4)14-10-17(32-9-5-8-30-3)19(24)25-18(14)15-11-16(27)13(20(28)29)12-26(15)21(22)23/h10-12,21H,5-9H2,1-4H3,(H,28,29). The lowest BCUT2D eigenvalue weighted by Gasteiger charge is -2.46. The van der Waals surface area contributed by atoms with Crippen LogP contribution in [0.4, 0.5) is 0 Å². The average Bonchev–Trinajstić information content (AvgIpc) is 3.03. The van der Waals surface area contributed by atoms with Crippen LogP contribution in [0.15, 0.2) is 23.1 Å². The van der Waals surface area contributed by atoms with Gasteiger partial charge in [-0.1, -0.05) is 25.4 Å². The van der Waals surface area contributed by atoms with Crippen molar-refractivity contribution in [2.45, 2.75) is 44.8 Å². The van der Waals surface area contributed by atoms with E-state index in [0.29, 0.717) is 43.2 Å². The highest BCUT2D eigenvalue weighted by molar-refractivity contribution is 6.31. The van der Waals surface area contributed by atoms with E-state index in [1.54, 1.807) is 14.2 Å². The monoisotopic (exact) mass is 462 g/mol. The lowest BCUT2D eigenvalue weighted by atomic mass is 9.76. The highest BCUT2D eigenvalue weighted by Gasteiger charge is 2.58. The minimum absolute atomic E-state index is 0.171. The fourth-order valence-electron chi connectivity index (χ4n) is 5.21. The summed E-state index contributed by atoms with van der Waals surface area (Å²) < 4.78 is 19.0. The van der Waals surface area contributed by atoms with Crippen LogP contribution >= 0.6 is 11.6 Å². The van der Waals surface area contributed by atoms with Crippen molar-refractivity contribution in [3.63, 3.8) is 0 Å². The van der Waals surface area contributed by atoms with E-state index < -0.39 is 17.0 Å². The first-order valence-electron chi connectivity index (χ1n) is 10.5. The summed E-state index contributed by atoms with van der Waals surface area (Å²) in [5, 5.41) is 9.72. The van der Waals surface area contributed by atoms with Gasteiger partial charge < -0.3 is 23.9 Å². The second-order valence-electron chi connectivity index (χ2n) is 9.00. The van der Waals surface area contributed by atoms with E-state index in [0.717, 1.165) is 12.0 Å². The first kappa shape index (κ1) is 22.8. The van der Waals surface area contributed by atoms with E-state index >= 15 is 0 Å². The average molecular weight is 463 g/mol. The predicted molar refractivity (Wildman–Crippen MR) is 119 cm³/mol. The van der Waals surface area contributed by atoms with Crippen LogP contribution in [0.25, 0.3) is 11.4 Å². The maximum absolute atomic E-state index is 12.6. The number of aromatic nitrogens is 2. The molecule has 1 fully saturated rings. The van der Waals surface area contributed by atoms with Crippen molar-refractivity contribution >= 4 is 17.6 Å². The van der Waals surface area contributed by atoms with Crippen molar-refractivity contribution in [1.82, 2.24) is 9.55 Å². The Hall–Kier alpha value is -2.42. The molecular formula is C23H27ClN2O6. The van der Waals surface area contributed by atoms with Gasteiger partial charge in [-0.3, -0.25) is 4.79 Å². The summed E-state index contributed by atoms with van der Waals surface area (Å²) in [6.45, 7) is 5.23. The summed E-state index contributed by atoms with van der Waals surface area (Å²) in [5.74, 6) is -0.819. The van der Waals surface area contributed by atoms with Gasteiger partial charge in [0.05, 0.1) is 24.0 Å². The summed E-state index contributed by atoms with van der Waals surface area (Å²) in [6, 6.07) is 2.94. The summed E-state index contributed by atoms with van der Waals surface area (Å²) in [6.07, 6.45) is 3.66. The largest absolute Gasteiger partial charge is 0.490 e. The third-order valence-electron chi connectivity index (χ3n) is 6.67. The molecule has 2 aromatic rings. The molecule has 0 aromatic carbocycles. The number of methoxy groups -OCH3 is 2. The molecule has 1 N–H and O–H groups in total. The Morgan fingerprint density at radius 3 is 2.69 bits per heavy atom. The third-order valence-corrected chi connectivity index (χ3v) is 6.94. The van der Waals surface area contributed by atoms with Gasteiger partial charge in [0.15, 0.2) is 16.3 Å². The van der Waals surface area contributed by atoms with E-state index in [4.69, 9.17) is 25.8 Å². The molecule has 0 amide bonds. The van der Waals surface area contributed by atoms with Crippen molar-refractivity contribution in [2.24, 2.45) is 5.41 Å². The number of ether oxygens (including phenoxy) is 3. The van der Waals surface area contributed by atoms with Crippen LogP contribution < -0.4 is 10.2 Å². The lowest BCUT2D eigenvalue weighted by Crippen LogP contribution is -2.44. The summed E-state index contributed by atoms with van der Waals surface area (Å²) in [4.78, 5) is 28.9. The molecule has 9 heteroatoms. The second-order valence-corrected chi connectivity index (χ2v) is 9.36. The number of hydrogen-bond donors (Lipinski definition) is 1. The molecule has 8 nitrogen and oxygen atoms in total. The summed E-state index contributed by atoms with van der Waals surface area (Å²) >= 11 is 6.46. The number of hydrogen-bond acceptors (Lipinski definition) is 6. The molecule has 32 heavy (non-hydrogen) atoms. The normalized spacial score (nSPS) is 22.7.